The van der Waals surface area contributed by atoms with Crippen molar-refractivity contribution in [2.45, 2.75) is 18.9 Å². The molecule has 1 aromatic heterocycles. The van der Waals surface area contributed by atoms with Gasteiger partial charge in [0.05, 0.1) is 22.4 Å². The predicted molar refractivity (Wildman–Crippen MR) is 95.3 cm³/mol. The van der Waals surface area contributed by atoms with Crippen LogP contribution in [0.4, 0.5) is 5.82 Å². The lowest BCUT2D eigenvalue weighted by Crippen LogP contribution is -2.32. The highest BCUT2D eigenvalue weighted by molar-refractivity contribution is 9.10. The number of carbonyl (C=O) groups excluding carboxylic acids is 1. The van der Waals surface area contributed by atoms with E-state index >= 15 is 0 Å². The van der Waals surface area contributed by atoms with Crippen molar-refractivity contribution in [2.75, 3.05) is 11.1 Å². The van der Waals surface area contributed by atoms with Crippen LogP contribution < -0.4 is 11.1 Å². The summed E-state index contributed by atoms with van der Waals surface area (Å²) in [6.07, 6.45) is 1.04. The van der Waals surface area contributed by atoms with E-state index in [-0.39, 0.29) is 16.4 Å². The van der Waals surface area contributed by atoms with Gasteiger partial charge in [0.1, 0.15) is 0 Å². The lowest BCUT2D eigenvalue weighted by Gasteiger charge is -2.33. The molecule has 25 heavy (non-hydrogen) atoms. The molecule has 0 spiro atoms. The Morgan fingerprint density at radius 1 is 1.32 bits per heavy atom. The minimum atomic E-state index is -3.44. The number of rotatable bonds is 2. The van der Waals surface area contributed by atoms with Gasteiger partial charge in [-0.3, -0.25) is 4.79 Å². The van der Waals surface area contributed by atoms with Gasteiger partial charge in [-0.15, -0.1) is 5.10 Å². The maximum absolute atomic E-state index is 12.8. The molecule has 1 unspecified atom stereocenters. The maximum atomic E-state index is 12.8. The van der Waals surface area contributed by atoms with Gasteiger partial charge in [-0.25, -0.2) is 8.42 Å². The quantitative estimate of drug-likeness (QED) is 0.757. The number of anilines is 1. The van der Waals surface area contributed by atoms with E-state index in [1.165, 1.54) is 4.68 Å². The van der Waals surface area contributed by atoms with Crippen LogP contribution in [0.5, 0.6) is 0 Å². The zero-order valence-corrected chi connectivity index (χ0v) is 15.3. The number of carbonyl (C=O) groups is 1. The Labute approximate surface area is 152 Å². The molecule has 3 N–H and O–H groups in total. The fourth-order valence-electron chi connectivity index (χ4n) is 3.26. The molecule has 0 radical (unpaired) electrons. The zero-order chi connectivity index (χ0) is 17.8. The molecule has 1 amide bonds. The smallest absolute Gasteiger partial charge is 0.273 e. The van der Waals surface area contributed by atoms with Crippen LogP contribution in [0.1, 0.15) is 34.9 Å². The first kappa shape index (κ1) is 16.3. The Morgan fingerprint density at radius 3 is 2.72 bits per heavy atom. The number of nitrogens with two attached hydrogens (primary N) is 1. The molecule has 10 heteroatoms. The van der Waals surface area contributed by atoms with Gasteiger partial charge in [0.15, 0.2) is 21.3 Å². The zero-order valence-electron chi connectivity index (χ0n) is 12.9. The average Bonchev–Trinajstić information content (AvgIpc) is 2.99. The molecule has 2 aromatic rings. The molecule has 130 valence electrons. The lowest BCUT2D eigenvalue weighted by atomic mass is 10.0. The summed E-state index contributed by atoms with van der Waals surface area (Å²) in [5.41, 5.74) is 6.69. The fourth-order valence-corrected chi connectivity index (χ4v) is 5.37. The van der Waals surface area contributed by atoms with Gasteiger partial charge in [0.2, 0.25) is 0 Å². The van der Waals surface area contributed by atoms with Crippen molar-refractivity contribution in [1.29, 1.82) is 0 Å². The Bertz CT molecular complexity index is 1010. The Hall–Kier alpha value is -2.20. The summed E-state index contributed by atoms with van der Waals surface area (Å²) in [7, 11) is -3.44. The standard InChI is InChI=1S/C15H14BrN5O3S/c16-9-5-3-8(4-6-9)11-13-10(2-1-7-25(13,23)24)21-15(18-11)12(14(17)22)19-20-21/h3-6,11,18H,1-2,7H2,(H2,17,22). The van der Waals surface area contributed by atoms with Gasteiger partial charge in [0.25, 0.3) is 5.91 Å². The molecule has 1 aromatic carbocycles. The van der Waals surface area contributed by atoms with Crippen LogP contribution in [0.2, 0.25) is 0 Å². The van der Waals surface area contributed by atoms with E-state index in [9.17, 15) is 13.2 Å². The van der Waals surface area contributed by atoms with Crippen molar-refractivity contribution in [3.8, 4) is 0 Å². The van der Waals surface area contributed by atoms with Crippen LogP contribution in [0.25, 0.3) is 5.70 Å². The predicted octanol–water partition coefficient (Wildman–Crippen LogP) is 1.68. The molecule has 8 nitrogen and oxygen atoms in total. The number of primary amides is 1. The van der Waals surface area contributed by atoms with Gasteiger partial charge in [-0.05, 0) is 30.5 Å². The van der Waals surface area contributed by atoms with Gasteiger partial charge >= 0.3 is 0 Å². The summed E-state index contributed by atoms with van der Waals surface area (Å²) in [5, 5.41) is 10.9. The number of allylic oxidation sites excluding steroid dienone is 1. The molecule has 1 atom stereocenters. The summed E-state index contributed by atoms with van der Waals surface area (Å²) in [4.78, 5) is 11.9. The van der Waals surface area contributed by atoms with Gasteiger partial charge in [-0.1, -0.05) is 33.3 Å². The fraction of sp³-hybridized carbons (Fsp3) is 0.267. The third kappa shape index (κ3) is 2.56. The SMILES string of the molecule is NC(=O)c1nnn2c1NC(c1ccc(Br)cc1)C1=C2CCCS1(=O)=O. The van der Waals surface area contributed by atoms with Crippen molar-refractivity contribution >= 4 is 43.2 Å². The molecule has 4 rings (SSSR count). The van der Waals surface area contributed by atoms with Crippen molar-refractivity contribution in [3.63, 3.8) is 0 Å². The molecule has 0 fully saturated rings. The van der Waals surface area contributed by atoms with Crippen LogP contribution >= 0.6 is 15.9 Å². The first-order valence-electron chi connectivity index (χ1n) is 7.62. The van der Waals surface area contributed by atoms with Crippen LogP contribution in [0, 0.1) is 0 Å². The van der Waals surface area contributed by atoms with Crippen LogP contribution in [-0.2, 0) is 9.84 Å². The van der Waals surface area contributed by atoms with E-state index in [2.05, 4.69) is 31.6 Å². The second-order valence-electron chi connectivity index (χ2n) is 5.92. The number of sulfone groups is 1. The van der Waals surface area contributed by atoms with E-state index < -0.39 is 21.8 Å². The number of fused-ring (bicyclic) bond motifs is 2. The molecule has 0 saturated carbocycles. The van der Waals surface area contributed by atoms with Gasteiger partial charge < -0.3 is 11.1 Å². The number of nitrogens with one attached hydrogen (secondary N) is 1. The molecular formula is C15H14BrN5O3S. The largest absolute Gasteiger partial charge is 0.364 e. The van der Waals surface area contributed by atoms with E-state index in [1.54, 1.807) is 0 Å². The Balaban J connectivity index is 1.97. The lowest BCUT2D eigenvalue weighted by molar-refractivity contribution is 0.0996. The van der Waals surface area contributed by atoms with Crippen LogP contribution in [0.15, 0.2) is 33.6 Å². The average molecular weight is 424 g/mol. The third-order valence-electron chi connectivity index (χ3n) is 4.35. The van der Waals surface area contributed by atoms with Crippen molar-refractivity contribution < 1.29 is 13.2 Å². The molecule has 2 aliphatic rings. The number of aromatic nitrogens is 3. The molecule has 0 aliphatic carbocycles. The highest BCUT2D eigenvalue weighted by Gasteiger charge is 2.40. The number of amides is 1. The van der Waals surface area contributed by atoms with Crippen molar-refractivity contribution in [1.82, 2.24) is 15.0 Å². The number of halogens is 1. The summed E-state index contributed by atoms with van der Waals surface area (Å²) >= 11 is 3.38. The maximum Gasteiger partial charge on any atom is 0.273 e. The summed E-state index contributed by atoms with van der Waals surface area (Å²) in [6.45, 7) is 0. The van der Waals surface area contributed by atoms with Crippen LogP contribution in [0.3, 0.4) is 0 Å². The second kappa shape index (κ2) is 5.67. The number of hydrogen-bond donors (Lipinski definition) is 2. The third-order valence-corrected chi connectivity index (χ3v) is 6.85. The van der Waals surface area contributed by atoms with Crippen molar-refractivity contribution in [2.24, 2.45) is 5.73 Å². The first-order chi connectivity index (χ1) is 11.9. The number of benzene rings is 1. The Morgan fingerprint density at radius 2 is 2.04 bits per heavy atom. The number of nitrogens with zero attached hydrogens (tertiary/aromatic N) is 3. The highest BCUT2D eigenvalue weighted by atomic mass is 79.9. The molecule has 2 aliphatic heterocycles. The van der Waals surface area contributed by atoms with E-state index in [4.69, 9.17) is 5.73 Å². The molecule has 0 saturated heterocycles. The molecule has 0 bridgehead atoms. The summed E-state index contributed by atoms with van der Waals surface area (Å²) < 4.78 is 27.8. The first-order valence-corrected chi connectivity index (χ1v) is 10.1. The van der Waals surface area contributed by atoms with Gasteiger partial charge in [-0.2, -0.15) is 4.68 Å². The van der Waals surface area contributed by atoms with E-state index in [0.29, 0.717) is 24.4 Å². The molecule has 3 heterocycles. The minimum Gasteiger partial charge on any atom is -0.364 e. The van der Waals surface area contributed by atoms with Crippen molar-refractivity contribution in [3.05, 3.63) is 44.9 Å². The van der Waals surface area contributed by atoms with E-state index in [0.717, 1.165) is 10.0 Å². The summed E-state index contributed by atoms with van der Waals surface area (Å²) in [5.74, 6) is -0.296. The minimum absolute atomic E-state index is 0.00312. The Kier molecular flexibility index (Phi) is 3.69. The highest BCUT2D eigenvalue weighted by Crippen LogP contribution is 2.43. The summed E-state index contributed by atoms with van der Waals surface area (Å²) in [6, 6.07) is 6.73. The van der Waals surface area contributed by atoms with Gasteiger partial charge in [0, 0.05) is 4.47 Å². The number of hydrogen-bond acceptors (Lipinski definition) is 6. The second-order valence-corrected chi connectivity index (χ2v) is 8.92. The monoisotopic (exact) mass is 423 g/mol. The van der Waals surface area contributed by atoms with E-state index in [1.807, 2.05) is 24.3 Å². The topological polar surface area (TPSA) is 120 Å². The normalized spacial score (nSPS) is 21.2. The molecular weight excluding hydrogens is 410 g/mol. The van der Waals surface area contributed by atoms with Crippen LogP contribution in [-0.4, -0.2) is 35.1 Å².